The van der Waals surface area contributed by atoms with Crippen LogP contribution in [0.25, 0.3) is 0 Å². The van der Waals surface area contributed by atoms with E-state index in [-0.39, 0.29) is 23.7 Å². The summed E-state index contributed by atoms with van der Waals surface area (Å²) < 4.78 is 3.65. The largest absolute Gasteiger partial charge is 0.309 e. The van der Waals surface area contributed by atoms with E-state index in [0.717, 1.165) is 45.4 Å². The van der Waals surface area contributed by atoms with Crippen molar-refractivity contribution < 1.29 is 9.59 Å². The van der Waals surface area contributed by atoms with Gasteiger partial charge in [-0.3, -0.25) is 19.0 Å². The van der Waals surface area contributed by atoms with Crippen molar-refractivity contribution in [2.75, 3.05) is 51.9 Å². The number of hydrogen-bond acceptors (Lipinski definition) is 6. The average Bonchev–Trinajstić information content (AvgIpc) is 3.40. The van der Waals surface area contributed by atoms with Gasteiger partial charge in [-0.15, -0.1) is 0 Å². The summed E-state index contributed by atoms with van der Waals surface area (Å²) in [4.78, 5) is 29.7. The van der Waals surface area contributed by atoms with Gasteiger partial charge in [0, 0.05) is 49.5 Å². The SMILES string of the molecule is CN(C)CCn1ccc(NC(=O)C2CCCC(C(=O)Nc3ccn(CCN(C)C)n3)C2)n1. The topological polar surface area (TPSA) is 100 Å². The third kappa shape index (κ3) is 7.16. The highest BCUT2D eigenvalue weighted by Gasteiger charge is 2.31. The molecule has 2 aromatic heterocycles. The number of carbonyl (C=O) groups is 2. The number of hydrogen-bond donors (Lipinski definition) is 2. The van der Waals surface area contributed by atoms with Crippen LogP contribution in [0.5, 0.6) is 0 Å². The van der Waals surface area contributed by atoms with Crippen molar-refractivity contribution in [1.29, 1.82) is 0 Å². The van der Waals surface area contributed by atoms with Crippen LogP contribution in [0.1, 0.15) is 25.7 Å². The Balaban J connectivity index is 1.49. The third-order valence-corrected chi connectivity index (χ3v) is 5.75. The first-order chi connectivity index (χ1) is 15.3. The Hall–Kier alpha value is -2.72. The molecule has 2 amide bonds. The smallest absolute Gasteiger partial charge is 0.228 e. The van der Waals surface area contributed by atoms with Crippen molar-refractivity contribution in [3.8, 4) is 0 Å². The fourth-order valence-corrected chi connectivity index (χ4v) is 3.83. The molecule has 32 heavy (non-hydrogen) atoms. The minimum atomic E-state index is -0.191. The molecule has 3 rings (SSSR count). The van der Waals surface area contributed by atoms with Crippen LogP contribution in [0.4, 0.5) is 11.6 Å². The minimum absolute atomic E-state index is 0.0617. The second kappa shape index (κ2) is 11.2. The van der Waals surface area contributed by atoms with Crippen molar-refractivity contribution in [2.24, 2.45) is 11.8 Å². The van der Waals surface area contributed by atoms with Crippen LogP contribution in [0.3, 0.4) is 0 Å². The van der Waals surface area contributed by atoms with Crippen LogP contribution in [-0.2, 0) is 22.7 Å². The minimum Gasteiger partial charge on any atom is -0.309 e. The van der Waals surface area contributed by atoms with Crippen molar-refractivity contribution in [3.63, 3.8) is 0 Å². The fraction of sp³-hybridized carbons (Fsp3) is 0.636. The van der Waals surface area contributed by atoms with E-state index < -0.39 is 0 Å². The van der Waals surface area contributed by atoms with Gasteiger partial charge in [0.15, 0.2) is 11.6 Å². The predicted octanol–water partition coefficient (Wildman–Crippen LogP) is 1.59. The van der Waals surface area contributed by atoms with E-state index in [0.29, 0.717) is 18.1 Å². The summed E-state index contributed by atoms with van der Waals surface area (Å²) >= 11 is 0. The van der Waals surface area contributed by atoms with E-state index in [9.17, 15) is 9.59 Å². The van der Waals surface area contributed by atoms with Gasteiger partial charge in [0.25, 0.3) is 0 Å². The molecule has 176 valence electrons. The molecule has 0 spiro atoms. The van der Waals surface area contributed by atoms with Crippen molar-refractivity contribution in [2.45, 2.75) is 38.8 Å². The maximum Gasteiger partial charge on any atom is 0.228 e. The van der Waals surface area contributed by atoms with E-state index in [1.807, 2.05) is 62.1 Å². The highest BCUT2D eigenvalue weighted by Crippen LogP contribution is 2.30. The highest BCUT2D eigenvalue weighted by atomic mass is 16.2. The summed E-state index contributed by atoms with van der Waals surface area (Å²) in [6, 6.07) is 3.63. The molecule has 2 aromatic rings. The van der Waals surface area contributed by atoms with Gasteiger partial charge in [-0.05, 0) is 47.5 Å². The Morgan fingerprint density at radius 1 is 0.875 bits per heavy atom. The first-order valence-electron chi connectivity index (χ1n) is 11.3. The maximum atomic E-state index is 12.8. The molecule has 10 heteroatoms. The molecule has 1 fully saturated rings. The van der Waals surface area contributed by atoms with Crippen LogP contribution in [-0.4, -0.2) is 82.5 Å². The number of nitrogens with one attached hydrogen (secondary N) is 2. The summed E-state index contributed by atoms with van der Waals surface area (Å²) in [6.07, 6.45) is 6.71. The van der Waals surface area contributed by atoms with Crippen LogP contribution in [0.2, 0.25) is 0 Å². The average molecular weight is 445 g/mol. The number of amides is 2. The Morgan fingerprint density at radius 3 is 1.72 bits per heavy atom. The van der Waals surface area contributed by atoms with Gasteiger partial charge in [-0.1, -0.05) is 6.42 Å². The highest BCUT2D eigenvalue weighted by molar-refractivity contribution is 5.94. The Bertz CT molecular complexity index is 818. The molecule has 2 N–H and O–H groups in total. The summed E-state index contributed by atoms with van der Waals surface area (Å²) in [7, 11) is 8.05. The second-order valence-corrected chi connectivity index (χ2v) is 9.07. The van der Waals surface area contributed by atoms with Crippen molar-refractivity contribution in [1.82, 2.24) is 29.4 Å². The first kappa shape index (κ1) is 23.9. The maximum absolute atomic E-state index is 12.8. The lowest BCUT2D eigenvalue weighted by Gasteiger charge is -2.27. The third-order valence-electron chi connectivity index (χ3n) is 5.75. The molecule has 2 unspecified atom stereocenters. The molecular weight excluding hydrogens is 408 g/mol. The lowest BCUT2D eigenvalue weighted by Crippen LogP contribution is -2.33. The van der Waals surface area contributed by atoms with E-state index >= 15 is 0 Å². The molecule has 1 saturated carbocycles. The molecule has 1 aliphatic rings. The summed E-state index contributed by atoms with van der Waals surface area (Å²) in [5.74, 6) is 0.613. The molecule has 1 aliphatic carbocycles. The van der Waals surface area contributed by atoms with E-state index in [1.54, 1.807) is 0 Å². The number of rotatable bonds is 10. The normalized spacial score (nSPS) is 18.8. The molecule has 0 aromatic carbocycles. The summed E-state index contributed by atoms with van der Waals surface area (Å²) in [6.45, 7) is 3.28. The molecular formula is C22H36N8O2. The van der Waals surface area contributed by atoms with Crippen LogP contribution >= 0.6 is 0 Å². The van der Waals surface area contributed by atoms with Crippen LogP contribution in [0, 0.1) is 11.8 Å². The molecule has 2 atom stereocenters. The van der Waals surface area contributed by atoms with Gasteiger partial charge in [-0.25, -0.2) is 0 Å². The number of likely N-dealkylation sites (N-methyl/N-ethyl adjacent to an activating group) is 2. The van der Waals surface area contributed by atoms with Gasteiger partial charge in [0.1, 0.15) is 0 Å². The van der Waals surface area contributed by atoms with Gasteiger partial charge < -0.3 is 20.4 Å². The Morgan fingerprint density at radius 2 is 1.31 bits per heavy atom. The fourth-order valence-electron chi connectivity index (χ4n) is 3.83. The van der Waals surface area contributed by atoms with E-state index in [1.165, 1.54) is 0 Å². The Labute approximate surface area is 189 Å². The molecule has 2 heterocycles. The van der Waals surface area contributed by atoms with Gasteiger partial charge >= 0.3 is 0 Å². The standard InChI is InChI=1S/C22H36N8O2/c1-27(2)12-14-29-10-8-19(25-29)23-21(31)17-6-5-7-18(16-17)22(32)24-20-9-11-30(26-20)15-13-28(3)4/h8-11,17-18H,5-7,12-16H2,1-4H3,(H,23,25,31)(H,24,26,32). The number of carbonyl (C=O) groups excluding carboxylic acids is 2. The molecule has 0 bridgehead atoms. The zero-order valence-electron chi connectivity index (χ0n) is 19.6. The lowest BCUT2D eigenvalue weighted by atomic mass is 9.80. The van der Waals surface area contributed by atoms with Crippen molar-refractivity contribution >= 4 is 23.5 Å². The molecule has 0 aliphatic heterocycles. The van der Waals surface area contributed by atoms with Gasteiger partial charge in [-0.2, -0.15) is 10.2 Å². The molecule has 10 nitrogen and oxygen atoms in total. The van der Waals surface area contributed by atoms with Gasteiger partial charge in [0.05, 0.1) is 13.1 Å². The van der Waals surface area contributed by atoms with Crippen LogP contribution < -0.4 is 10.6 Å². The van der Waals surface area contributed by atoms with Gasteiger partial charge in [0.2, 0.25) is 11.8 Å². The van der Waals surface area contributed by atoms with E-state index in [4.69, 9.17) is 0 Å². The summed E-state index contributed by atoms with van der Waals surface area (Å²) in [5.41, 5.74) is 0. The second-order valence-electron chi connectivity index (χ2n) is 9.07. The zero-order valence-corrected chi connectivity index (χ0v) is 19.6. The first-order valence-corrected chi connectivity index (χ1v) is 11.3. The molecule has 0 saturated heterocycles. The number of anilines is 2. The zero-order chi connectivity index (χ0) is 23.1. The van der Waals surface area contributed by atoms with Crippen LogP contribution in [0.15, 0.2) is 24.5 Å². The predicted molar refractivity (Wildman–Crippen MR) is 124 cm³/mol. The van der Waals surface area contributed by atoms with Crippen molar-refractivity contribution in [3.05, 3.63) is 24.5 Å². The quantitative estimate of drug-likeness (QED) is 0.577. The number of nitrogens with zero attached hydrogens (tertiary/aromatic N) is 6. The Kier molecular flexibility index (Phi) is 8.40. The monoisotopic (exact) mass is 444 g/mol. The van der Waals surface area contributed by atoms with E-state index in [2.05, 4.69) is 30.6 Å². The summed E-state index contributed by atoms with van der Waals surface area (Å²) in [5, 5.41) is 14.7. The molecule has 0 radical (unpaired) electrons. The number of aromatic nitrogens is 4. The lowest BCUT2D eigenvalue weighted by molar-refractivity contribution is -0.124.